The molecule has 19 heavy (non-hydrogen) atoms. The fourth-order valence-corrected chi connectivity index (χ4v) is 2.15. The van der Waals surface area contributed by atoms with E-state index in [1.807, 2.05) is 30.8 Å². The van der Waals surface area contributed by atoms with Crippen LogP contribution in [-0.2, 0) is 13.5 Å². The van der Waals surface area contributed by atoms with Crippen molar-refractivity contribution in [2.24, 2.45) is 12.9 Å². The van der Waals surface area contributed by atoms with E-state index < -0.39 is 0 Å². The molecule has 102 valence electrons. The first-order chi connectivity index (χ1) is 9.11. The minimum Gasteiger partial charge on any atom is -0.338 e. The van der Waals surface area contributed by atoms with Crippen LogP contribution in [0.5, 0.6) is 0 Å². The number of hydrogen-bond acceptors (Lipinski definition) is 3. The van der Waals surface area contributed by atoms with E-state index in [-0.39, 0.29) is 11.9 Å². The van der Waals surface area contributed by atoms with Crippen LogP contribution in [0.15, 0.2) is 30.6 Å². The summed E-state index contributed by atoms with van der Waals surface area (Å²) in [6.07, 6.45) is 5.09. The van der Waals surface area contributed by atoms with Crippen LogP contribution in [0.3, 0.4) is 0 Å². The standard InChI is InChI=1S/C14H19FN4/c1-10-3-4-11(12(15)9-10)13(18-16)5-6-14-17-7-8-19(14)2/h3-4,7-9,13,18H,5-6,16H2,1-2H3. The van der Waals surface area contributed by atoms with Crippen molar-refractivity contribution in [3.63, 3.8) is 0 Å². The van der Waals surface area contributed by atoms with Crippen LogP contribution >= 0.6 is 0 Å². The fraction of sp³-hybridized carbons (Fsp3) is 0.357. The maximum Gasteiger partial charge on any atom is 0.128 e. The average molecular weight is 262 g/mol. The molecule has 1 aromatic heterocycles. The van der Waals surface area contributed by atoms with Gasteiger partial charge in [-0.05, 0) is 25.0 Å². The zero-order valence-electron chi connectivity index (χ0n) is 11.2. The number of aryl methyl sites for hydroxylation is 3. The molecule has 0 amide bonds. The molecule has 0 bridgehead atoms. The molecule has 2 rings (SSSR count). The minimum atomic E-state index is -0.220. The Morgan fingerprint density at radius 3 is 2.84 bits per heavy atom. The Kier molecular flexibility index (Phi) is 4.29. The highest BCUT2D eigenvalue weighted by Gasteiger charge is 2.15. The lowest BCUT2D eigenvalue weighted by atomic mass is 10.0. The van der Waals surface area contributed by atoms with Gasteiger partial charge in [0.2, 0.25) is 0 Å². The van der Waals surface area contributed by atoms with Gasteiger partial charge in [0.25, 0.3) is 0 Å². The van der Waals surface area contributed by atoms with Crippen LogP contribution < -0.4 is 11.3 Å². The summed E-state index contributed by atoms with van der Waals surface area (Å²) in [5, 5.41) is 0. The number of imidazole rings is 1. The molecule has 0 aliphatic heterocycles. The van der Waals surface area contributed by atoms with Crippen molar-refractivity contribution in [1.29, 1.82) is 0 Å². The van der Waals surface area contributed by atoms with Gasteiger partial charge in [-0.3, -0.25) is 11.3 Å². The van der Waals surface area contributed by atoms with Crippen molar-refractivity contribution in [3.05, 3.63) is 53.4 Å². The molecule has 0 aliphatic rings. The second-order valence-corrected chi connectivity index (χ2v) is 4.74. The lowest BCUT2D eigenvalue weighted by molar-refractivity contribution is 0.478. The Bertz CT molecular complexity index is 550. The normalized spacial score (nSPS) is 12.6. The second kappa shape index (κ2) is 5.95. The molecule has 3 N–H and O–H groups in total. The first-order valence-electron chi connectivity index (χ1n) is 6.30. The van der Waals surface area contributed by atoms with E-state index in [1.54, 1.807) is 12.3 Å². The number of hydrogen-bond donors (Lipinski definition) is 2. The topological polar surface area (TPSA) is 55.9 Å². The van der Waals surface area contributed by atoms with Gasteiger partial charge in [0.15, 0.2) is 0 Å². The highest BCUT2D eigenvalue weighted by atomic mass is 19.1. The van der Waals surface area contributed by atoms with Crippen LogP contribution in [0, 0.1) is 12.7 Å². The molecule has 2 aromatic rings. The van der Waals surface area contributed by atoms with Gasteiger partial charge in [-0.1, -0.05) is 12.1 Å². The summed E-state index contributed by atoms with van der Waals surface area (Å²) in [7, 11) is 1.94. The fourth-order valence-electron chi connectivity index (χ4n) is 2.15. The zero-order valence-corrected chi connectivity index (χ0v) is 11.2. The minimum absolute atomic E-state index is 0.211. The molecule has 0 spiro atoms. The lowest BCUT2D eigenvalue weighted by Gasteiger charge is -2.17. The summed E-state index contributed by atoms with van der Waals surface area (Å²) in [5.74, 6) is 6.29. The summed E-state index contributed by atoms with van der Waals surface area (Å²) >= 11 is 0. The first-order valence-corrected chi connectivity index (χ1v) is 6.30. The zero-order chi connectivity index (χ0) is 13.8. The molecular weight excluding hydrogens is 243 g/mol. The summed E-state index contributed by atoms with van der Waals surface area (Å²) in [5.41, 5.74) is 4.19. The van der Waals surface area contributed by atoms with Crippen LogP contribution in [0.4, 0.5) is 4.39 Å². The van der Waals surface area contributed by atoms with E-state index in [9.17, 15) is 4.39 Å². The summed E-state index contributed by atoms with van der Waals surface area (Å²) in [4.78, 5) is 4.25. The van der Waals surface area contributed by atoms with Crippen molar-refractivity contribution in [2.75, 3.05) is 0 Å². The van der Waals surface area contributed by atoms with Gasteiger partial charge in [-0.25, -0.2) is 9.37 Å². The predicted octanol–water partition coefficient (Wildman–Crippen LogP) is 2.00. The summed E-state index contributed by atoms with van der Waals surface area (Å²) < 4.78 is 15.9. The smallest absolute Gasteiger partial charge is 0.128 e. The monoisotopic (exact) mass is 262 g/mol. The quantitative estimate of drug-likeness (QED) is 0.640. The second-order valence-electron chi connectivity index (χ2n) is 4.74. The highest BCUT2D eigenvalue weighted by Crippen LogP contribution is 2.21. The number of nitrogens with two attached hydrogens (primary N) is 1. The third kappa shape index (κ3) is 3.19. The first kappa shape index (κ1) is 13.7. The Morgan fingerprint density at radius 2 is 2.26 bits per heavy atom. The predicted molar refractivity (Wildman–Crippen MR) is 72.7 cm³/mol. The average Bonchev–Trinajstić information content (AvgIpc) is 2.78. The molecular formula is C14H19FN4. The molecule has 1 aromatic carbocycles. The third-order valence-electron chi connectivity index (χ3n) is 3.31. The molecule has 0 saturated carbocycles. The van der Waals surface area contributed by atoms with E-state index in [4.69, 9.17) is 5.84 Å². The maximum atomic E-state index is 13.9. The summed E-state index contributed by atoms with van der Waals surface area (Å²) in [6.45, 7) is 1.87. The molecule has 1 heterocycles. The van der Waals surface area contributed by atoms with Gasteiger partial charge in [0, 0.05) is 37.5 Å². The Labute approximate surface area is 112 Å². The Hall–Kier alpha value is -1.72. The van der Waals surface area contributed by atoms with Crippen LogP contribution in [0.25, 0.3) is 0 Å². The van der Waals surface area contributed by atoms with E-state index in [2.05, 4.69) is 10.4 Å². The molecule has 0 fully saturated rings. The van der Waals surface area contributed by atoms with Gasteiger partial charge in [-0.15, -0.1) is 0 Å². The van der Waals surface area contributed by atoms with Gasteiger partial charge in [-0.2, -0.15) is 0 Å². The Morgan fingerprint density at radius 1 is 1.47 bits per heavy atom. The molecule has 0 aliphatic carbocycles. The van der Waals surface area contributed by atoms with Gasteiger partial charge < -0.3 is 4.57 Å². The van der Waals surface area contributed by atoms with Gasteiger partial charge in [0.1, 0.15) is 11.6 Å². The van der Waals surface area contributed by atoms with Crippen LogP contribution in [-0.4, -0.2) is 9.55 Å². The molecule has 1 unspecified atom stereocenters. The highest BCUT2D eigenvalue weighted by molar-refractivity contribution is 5.26. The van der Waals surface area contributed by atoms with Crippen molar-refractivity contribution in [2.45, 2.75) is 25.8 Å². The van der Waals surface area contributed by atoms with E-state index in [0.29, 0.717) is 12.0 Å². The van der Waals surface area contributed by atoms with E-state index in [0.717, 1.165) is 17.8 Å². The number of nitrogens with one attached hydrogen (secondary N) is 1. The number of nitrogens with zero attached hydrogens (tertiary/aromatic N) is 2. The Balaban J connectivity index is 2.10. The van der Waals surface area contributed by atoms with E-state index in [1.165, 1.54) is 6.07 Å². The van der Waals surface area contributed by atoms with Crippen molar-refractivity contribution in [1.82, 2.24) is 15.0 Å². The number of aromatic nitrogens is 2. The van der Waals surface area contributed by atoms with Gasteiger partial charge in [0.05, 0.1) is 0 Å². The SMILES string of the molecule is Cc1ccc(C(CCc2nccn2C)NN)c(F)c1. The van der Waals surface area contributed by atoms with Crippen LogP contribution in [0.2, 0.25) is 0 Å². The molecule has 0 radical (unpaired) electrons. The van der Waals surface area contributed by atoms with Gasteiger partial charge >= 0.3 is 0 Å². The third-order valence-corrected chi connectivity index (χ3v) is 3.31. The molecule has 4 nitrogen and oxygen atoms in total. The molecule has 5 heteroatoms. The van der Waals surface area contributed by atoms with Crippen LogP contribution in [0.1, 0.15) is 29.4 Å². The summed E-state index contributed by atoms with van der Waals surface area (Å²) in [6, 6.07) is 5.00. The largest absolute Gasteiger partial charge is 0.338 e. The van der Waals surface area contributed by atoms with Crippen molar-refractivity contribution < 1.29 is 4.39 Å². The van der Waals surface area contributed by atoms with Crippen molar-refractivity contribution >= 4 is 0 Å². The van der Waals surface area contributed by atoms with Crippen molar-refractivity contribution in [3.8, 4) is 0 Å². The number of benzene rings is 1. The molecule has 0 saturated heterocycles. The van der Waals surface area contributed by atoms with E-state index >= 15 is 0 Å². The lowest BCUT2D eigenvalue weighted by Crippen LogP contribution is -2.29. The maximum absolute atomic E-state index is 13.9. The number of rotatable bonds is 5. The number of halogens is 1. The number of hydrazine groups is 1. The molecule has 1 atom stereocenters.